The van der Waals surface area contributed by atoms with Crippen LogP contribution in [0.4, 0.5) is 0 Å². The number of benzene rings is 1. The van der Waals surface area contributed by atoms with Crippen LogP contribution in [0.1, 0.15) is 43.9 Å². The van der Waals surface area contributed by atoms with E-state index in [1.54, 1.807) is 0 Å². The van der Waals surface area contributed by atoms with Crippen LogP contribution < -0.4 is 10.6 Å². The molecule has 2 heterocycles. The molecule has 0 aliphatic carbocycles. The van der Waals surface area contributed by atoms with Crippen molar-refractivity contribution in [2.24, 2.45) is 18.0 Å². The third kappa shape index (κ3) is 9.19. The first-order valence-electron chi connectivity index (χ1n) is 11.5. The number of nitrogens with one attached hydrogen (secondary N) is 2. The molecule has 1 fully saturated rings. The van der Waals surface area contributed by atoms with Gasteiger partial charge >= 0.3 is 0 Å². The smallest absolute Gasteiger partial charge is 0.191 e. The maximum Gasteiger partial charge on any atom is 0.191 e. The van der Waals surface area contributed by atoms with Crippen LogP contribution in [0.3, 0.4) is 0 Å². The first kappa shape index (κ1) is 25.6. The topological polar surface area (TPSA) is 57.5 Å². The van der Waals surface area contributed by atoms with Crippen molar-refractivity contribution in [1.29, 1.82) is 0 Å². The lowest BCUT2D eigenvalue weighted by atomic mass is 9.90. The second kappa shape index (κ2) is 14.5. The van der Waals surface area contributed by atoms with Gasteiger partial charge in [-0.25, -0.2) is 4.99 Å². The number of piperidine rings is 1. The predicted molar refractivity (Wildman–Crippen MR) is 140 cm³/mol. The number of guanidine groups is 1. The van der Waals surface area contributed by atoms with Crippen LogP contribution in [0, 0.1) is 5.92 Å². The summed E-state index contributed by atoms with van der Waals surface area (Å²) < 4.78 is 1.87. The van der Waals surface area contributed by atoms with E-state index in [1.807, 2.05) is 24.0 Å². The van der Waals surface area contributed by atoms with Crippen molar-refractivity contribution in [2.45, 2.75) is 45.6 Å². The minimum absolute atomic E-state index is 0. The van der Waals surface area contributed by atoms with Crippen LogP contribution in [0.5, 0.6) is 0 Å². The van der Waals surface area contributed by atoms with E-state index >= 15 is 0 Å². The third-order valence-electron chi connectivity index (χ3n) is 5.93. The standard InChI is InChI=1S/C24H38N6.HI/c1-3-25-24(27-20-23-11-15-28-29(23)2)26-14-7-8-16-30-17-12-22(13-18-30)19-21-9-5-4-6-10-21;/h4-6,9-11,15,22H,3,7-8,12-14,16-20H2,1-2H3,(H2,25,26,27);1H. The lowest BCUT2D eigenvalue weighted by Gasteiger charge is -2.32. The molecule has 1 saturated heterocycles. The molecule has 6 nitrogen and oxygen atoms in total. The Hall–Kier alpha value is -1.61. The molecule has 0 saturated carbocycles. The Balaban J connectivity index is 0.00000341. The molecule has 0 unspecified atom stereocenters. The van der Waals surface area contributed by atoms with Gasteiger partial charge in [-0.15, -0.1) is 24.0 Å². The molecule has 0 atom stereocenters. The van der Waals surface area contributed by atoms with E-state index in [0.717, 1.165) is 30.7 Å². The minimum atomic E-state index is 0. The summed E-state index contributed by atoms with van der Waals surface area (Å²) in [5.74, 6) is 1.74. The van der Waals surface area contributed by atoms with Crippen molar-refractivity contribution in [2.75, 3.05) is 32.7 Å². The summed E-state index contributed by atoms with van der Waals surface area (Å²) in [5, 5.41) is 11.0. The number of halogens is 1. The van der Waals surface area contributed by atoms with Gasteiger partial charge in [0.05, 0.1) is 12.2 Å². The Labute approximate surface area is 204 Å². The summed E-state index contributed by atoms with van der Waals surface area (Å²) in [6.07, 6.45) is 8.12. The Morgan fingerprint density at radius 2 is 1.87 bits per heavy atom. The van der Waals surface area contributed by atoms with E-state index in [0.29, 0.717) is 6.54 Å². The van der Waals surface area contributed by atoms with Gasteiger partial charge in [-0.3, -0.25) is 4.68 Å². The molecule has 1 aromatic heterocycles. The lowest BCUT2D eigenvalue weighted by molar-refractivity contribution is 0.181. The highest BCUT2D eigenvalue weighted by atomic mass is 127. The second-order valence-corrected chi connectivity index (χ2v) is 8.25. The summed E-state index contributed by atoms with van der Waals surface area (Å²) in [6.45, 7) is 8.28. The van der Waals surface area contributed by atoms with Gasteiger partial charge in [0, 0.05) is 26.3 Å². The minimum Gasteiger partial charge on any atom is -0.357 e. The summed E-state index contributed by atoms with van der Waals surface area (Å²) >= 11 is 0. The van der Waals surface area contributed by atoms with E-state index in [2.05, 4.69) is 62.9 Å². The number of hydrogen-bond donors (Lipinski definition) is 2. The number of rotatable bonds is 10. The molecule has 1 aliphatic rings. The molecule has 0 spiro atoms. The average molecular weight is 539 g/mol. The molecular formula is C24H39IN6. The molecule has 0 radical (unpaired) electrons. The zero-order chi connectivity index (χ0) is 21.0. The van der Waals surface area contributed by atoms with Gasteiger partial charge in [0.1, 0.15) is 0 Å². The van der Waals surface area contributed by atoms with Gasteiger partial charge in [-0.2, -0.15) is 5.10 Å². The van der Waals surface area contributed by atoms with Crippen LogP contribution >= 0.6 is 24.0 Å². The zero-order valence-corrected chi connectivity index (χ0v) is 21.4. The molecule has 31 heavy (non-hydrogen) atoms. The van der Waals surface area contributed by atoms with Gasteiger partial charge in [0.15, 0.2) is 5.96 Å². The molecule has 7 heteroatoms. The maximum absolute atomic E-state index is 4.67. The van der Waals surface area contributed by atoms with E-state index in [-0.39, 0.29) is 24.0 Å². The second-order valence-electron chi connectivity index (χ2n) is 8.25. The molecule has 1 aromatic carbocycles. The number of aliphatic imine (C=N–C) groups is 1. The molecular weight excluding hydrogens is 499 g/mol. The fraction of sp³-hybridized carbons (Fsp3) is 0.583. The normalized spacial score (nSPS) is 15.5. The highest BCUT2D eigenvalue weighted by molar-refractivity contribution is 14.0. The van der Waals surface area contributed by atoms with Crippen molar-refractivity contribution in [3.05, 3.63) is 53.9 Å². The van der Waals surface area contributed by atoms with Crippen molar-refractivity contribution >= 4 is 29.9 Å². The quantitative estimate of drug-likeness (QED) is 0.209. The molecule has 3 rings (SSSR count). The zero-order valence-electron chi connectivity index (χ0n) is 19.1. The third-order valence-corrected chi connectivity index (χ3v) is 5.93. The van der Waals surface area contributed by atoms with Gasteiger partial charge in [-0.1, -0.05) is 30.3 Å². The van der Waals surface area contributed by atoms with E-state index in [4.69, 9.17) is 0 Å². The van der Waals surface area contributed by atoms with Crippen LogP contribution in [0.15, 0.2) is 47.6 Å². The summed E-state index contributed by atoms with van der Waals surface area (Å²) in [5.41, 5.74) is 2.60. The summed E-state index contributed by atoms with van der Waals surface area (Å²) in [7, 11) is 1.95. The summed E-state index contributed by atoms with van der Waals surface area (Å²) in [4.78, 5) is 7.31. The van der Waals surface area contributed by atoms with Crippen molar-refractivity contribution in [3.8, 4) is 0 Å². The summed E-state index contributed by atoms with van der Waals surface area (Å²) in [6, 6.07) is 13.0. The van der Waals surface area contributed by atoms with Crippen molar-refractivity contribution in [1.82, 2.24) is 25.3 Å². The highest BCUT2D eigenvalue weighted by Crippen LogP contribution is 2.21. The van der Waals surface area contributed by atoms with Crippen molar-refractivity contribution in [3.63, 3.8) is 0 Å². The van der Waals surface area contributed by atoms with Gasteiger partial charge in [-0.05, 0) is 76.2 Å². The largest absolute Gasteiger partial charge is 0.357 e. The first-order chi connectivity index (χ1) is 14.7. The Morgan fingerprint density at radius 3 is 2.55 bits per heavy atom. The molecule has 172 valence electrons. The maximum atomic E-state index is 4.67. The Bertz CT molecular complexity index is 752. The molecule has 0 amide bonds. The first-order valence-corrected chi connectivity index (χ1v) is 11.5. The monoisotopic (exact) mass is 538 g/mol. The fourth-order valence-corrected chi connectivity index (χ4v) is 4.09. The average Bonchev–Trinajstić information content (AvgIpc) is 3.18. The van der Waals surface area contributed by atoms with Gasteiger partial charge in [0.2, 0.25) is 0 Å². The van der Waals surface area contributed by atoms with Gasteiger partial charge in [0.25, 0.3) is 0 Å². The van der Waals surface area contributed by atoms with Crippen LogP contribution in [-0.2, 0) is 20.0 Å². The lowest BCUT2D eigenvalue weighted by Crippen LogP contribution is -2.38. The Kier molecular flexibility index (Phi) is 12.0. The van der Waals surface area contributed by atoms with Crippen LogP contribution in [-0.4, -0.2) is 53.4 Å². The predicted octanol–water partition coefficient (Wildman–Crippen LogP) is 3.83. The number of unbranched alkanes of at least 4 members (excludes halogenated alkanes) is 1. The Morgan fingerprint density at radius 1 is 1.10 bits per heavy atom. The molecule has 0 bridgehead atoms. The fourth-order valence-electron chi connectivity index (χ4n) is 4.09. The highest BCUT2D eigenvalue weighted by Gasteiger charge is 2.18. The van der Waals surface area contributed by atoms with E-state index < -0.39 is 0 Å². The van der Waals surface area contributed by atoms with E-state index in [1.165, 1.54) is 57.3 Å². The van der Waals surface area contributed by atoms with E-state index in [9.17, 15) is 0 Å². The number of nitrogens with zero attached hydrogens (tertiary/aromatic N) is 4. The molecule has 1 aliphatic heterocycles. The van der Waals surface area contributed by atoms with Gasteiger partial charge < -0.3 is 15.5 Å². The number of likely N-dealkylation sites (tertiary alicyclic amines) is 1. The SMILES string of the molecule is CCNC(=NCc1ccnn1C)NCCCCN1CCC(Cc2ccccc2)CC1.I. The number of hydrogen-bond acceptors (Lipinski definition) is 3. The molecule has 2 N–H and O–H groups in total. The van der Waals surface area contributed by atoms with Crippen LogP contribution in [0.25, 0.3) is 0 Å². The number of aryl methyl sites for hydroxylation is 1. The van der Waals surface area contributed by atoms with Crippen LogP contribution in [0.2, 0.25) is 0 Å². The van der Waals surface area contributed by atoms with Crippen molar-refractivity contribution < 1.29 is 0 Å². The number of aromatic nitrogens is 2. The molecule has 2 aromatic rings.